The summed E-state index contributed by atoms with van der Waals surface area (Å²) in [6, 6.07) is 10.2. The first-order valence-electron chi connectivity index (χ1n) is 9.41. The van der Waals surface area contributed by atoms with Crippen molar-refractivity contribution in [3.05, 3.63) is 63.1 Å². The van der Waals surface area contributed by atoms with Crippen LogP contribution in [0.3, 0.4) is 0 Å². The minimum absolute atomic E-state index is 0.169. The molecule has 1 N–H and O–H groups in total. The second-order valence-electron chi connectivity index (χ2n) is 6.84. The lowest BCUT2D eigenvalue weighted by Gasteiger charge is -2.30. The molecule has 2 amide bonds. The Labute approximate surface area is 181 Å². The SMILES string of the molecule is CC[C@H](C(=O)NC)N(Cc1ccc(Cl)c(Cl)c1)C(=O)COc1ccc(C)c(C)c1. The van der Waals surface area contributed by atoms with Crippen molar-refractivity contribution in [1.82, 2.24) is 10.2 Å². The predicted octanol–water partition coefficient (Wildman–Crippen LogP) is 4.54. The Morgan fingerprint density at radius 3 is 2.38 bits per heavy atom. The number of benzene rings is 2. The van der Waals surface area contributed by atoms with Crippen molar-refractivity contribution in [3.63, 3.8) is 0 Å². The van der Waals surface area contributed by atoms with E-state index in [1.165, 1.54) is 4.90 Å². The van der Waals surface area contributed by atoms with Crippen LogP contribution >= 0.6 is 23.2 Å². The molecule has 2 rings (SSSR count). The molecule has 2 aromatic carbocycles. The Bertz CT molecular complexity index is 886. The molecule has 0 unspecified atom stereocenters. The van der Waals surface area contributed by atoms with E-state index in [0.29, 0.717) is 22.2 Å². The van der Waals surface area contributed by atoms with Crippen LogP contribution in [0.1, 0.15) is 30.0 Å². The van der Waals surface area contributed by atoms with E-state index in [4.69, 9.17) is 27.9 Å². The van der Waals surface area contributed by atoms with Crippen LogP contribution in [0.4, 0.5) is 0 Å². The summed E-state index contributed by atoms with van der Waals surface area (Å²) in [7, 11) is 1.55. The van der Waals surface area contributed by atoms with Crippen LogP contribution in [0.2, 0.25) is 10.0 Å². The zero-order chi connectivity index (χ0) is 21.6. The third-order valence-corrected chi connectivity index (χ3v) is 5.55. The molecular formula is C22H26Cl2N2O3. The fourth-order valence-corrected chi connectivity index (χ4v) is 3.27. The highest BCUT2D eigenvalue weighted by Crippen LogP contribution is 2.24. The van der Waals surface area contributed by atoms with Gasteiger partial charge in [-0.05, 0) is 61.2 Å². The van der Waals surface area contributed by atoms with Crippen molar-refractivity contribution in [2.75, 3.05) is 13.7 Å². The summed E-state index contributed by atoms with van der Waals surface area (Å²) in [5.74, 6) is 0.0979. The molecule has 0 aliphatic carbocycles. The number of amides is 2. The van der Waals surface area contributed by atoms with Crippen molar-refractivity contribution >= 4 is 35.0 Å². The van der Waals surface area contributed by atoms with Crippen molar-refractivity contribution < 1.29 is 14.3 Å². The van der Waals surface area contributed by atoms with Gasteiger partial charge in [0, 0.05) is 13.6 Å². The third kappa shape index (κ3) is 6.12. The first-order chi connectivity index (χ1) is 13.8. The van der Waals surface area contributed by atoms with Crippen LogP contribution in [0.5, 0.6) is 5.75 Å². The normalized spacial score (nSPS) is 11.7. The summed E-state index contributed by atoms with van der Waals surface area (Å²) in [6.45, 7) is 5.91. The molecule has 0 aliphatic heterocycles. The zero-order valence-electron chi connectivity index (χ0n) is 17.1. The Morgan fingerprint density at radius 2 is 1.79 bits per heavy atom. The largest absolute Gasteiger partial charge is 0.484 e. The van der Waals surface area contributed by atoms with Gasteiger partial charge in [-0.25, -0.2) is 0 Å². The van der Waals surface area contributed by atoms with Gasteiger partial charge in [-0.3, -0.25) is 9.59 Å². The van der Waals surface area contributed by atoms with E-state index in [9.17, 15) is 9.59 Å². The third-order valence-electron chi connectivity index (χ3n) is 4.81. The molecule has 5 nitrogen and oxygen atoms in total. The molecule has 0 saturated carbocycles. The lowest BCUT2D eigenvalue weighted by molar-refractivity contribution is -0.142. The van der Waals surface area contributed by atoms with Crippen molar-refractivity contribution in [3.8, 4) is 5.75 Å². The van der Waals surface area contributed by atoms with Gasteiger partial charge in [-0.15, -0.1) is 0 Å². The van der Waals surface area contributed by atoms with E-state index in [2.05, 4.69) is 5.32 Å². The monoisotopic (exact) mass is 436 g/mol. The first kappa shape index (κ1) is 23.0. The van der Waals surface area contributed by atoms with E-state index in [1.807, 2.05) is 39.0 Å². The summed E-state index contributed by atoms with van der Waals surface area (Å²) in [5.41, 5.74) is 3.01. The van der Waals surface area contributed by atoms with Crippen molar-refractivity contribution in [2.24, 2.45) is 0 Å². The molecule has 156 valence electrons. The van der Waals surface area contributed by atoms with Gasteiger partial charge in [0.1, 0.15) is 11.8 Å². The summed E-state index contributed by atoms with van der Waals surface area (Å²) in [6.07, 6.45) is 0.469. The number of likely N-dealkylation sites (N-methyl/N-ethyl adjacent to an activating group) is 1. The lowest BCUT2D eigenvalue weighted by atomic mass is 10.1. The highest BCUT2D eigenvalue weighted by molar-refractivity contribution is 6.42. The molecule has 0 heterocycles. The van der Waals surface area contributed by atoms with Crippen LogP contribution in [0.15, 0.2) is 36.4 Å². The number of nitrogens with one attached hydrogen (secondary N) is 1. The number of halogens is 2. The number of carbonyl (C=O) groups excluding carboxylic acids is 2. The average Bonchev–Trinajstić information content (AvgIpc) is 2.70. The van der Waals surface area contributed by atoms with Crippen LogP contribution in [0, 0.1) is 13.8 Å². The summed E-state index contributed by atoms with van der Waals surface area (Å²) < 4.78 is 5.70. The molecular weight excluding hydrogens is 411 g/mol. The number of hydrogen-bond acceptors (Lipinski definition) is 3. The lowest BCUT2D eigenvalue weighted by Crippen LogP contribution is -2.49. The number of hydrogen-bond donors (Lipinski definition) is 1. The highest BCUT2D eigenvalue weighted by Gasteiger charge is 2.28. The quantitative estimate of drug-likeness (QED) is 0.660. The van der Waals surface area contributed by atoms with Gasteiger partial charge in [0.25, 0.3) is 5.91 Å². The maximum absolute atomic E-state index is 13.0. The molecule has 0 aromatic heterocycles. The Kier molecular flexibility index (Phi) is 8.35. The topological polar surface area (TPSA) is 58.6 Å². The fraction of sp³-hybridized carbons (Fsp3) is 0.364. The van der Waals surface area contributed by atoms with Crippen LogP contribution in [-0.2, 0) is 16.1 Å². The summed E-state index contributed by atoms with van der Waals surface area (Å²) >= 11 is 12.1. The van der Waals surface area contributed by atoms with E-state index < -0.39 is 6.04 Å². The molecule has 0 bridgehead atoms. The Hall–Kier alpha value is -2.24. The molecule has 0 saturated heterocycles. The van der Waals surface area contributed by atoms with Crippen LogP contribution < -0.4 is 10.1 Å². The summed E-state index contributed by atoms with van der Waals surface area (Å²) in [5, 5.41) is 3.46. The van der Waals surface area contributed by atoms with Gasteiger partial charge in [0.2, 0.25) is 5.91 Å². The first-order valence-corrected chi connectivity index (χ1v) is 10.2. The zero-order valence-corrected chi connectivity index (χ0v) is 18.6. The van der Waals surface area contributed by atoms with E-state index in [0.717, 1.165) is 16.7 Å². The Balaban J connectivity index is 2.22. The standard InChI is InChI=1S/C22H26Cl2N2O3/c1-5-20(22(28)25-4)26(12-16-7-9-18(23)19(24)11-16)21(27)13-29-17-8-6-14(2)15(3)10-17/h6-11,20H,5,12-13H2,1-4H3,(H,25,28)/t20-/m1/s1. The van der Waals surface area contributed by atoms with E-state index in [-0.39, 0.29) is 25.0 Å². The average molecular weight is 437 g/mol. The molecule has 0 fully saturated rings. The number of carbonyl (C=O) groups is 2. The molecule has 7 heteroatoms. The fourth-order valence-electron chi connectivity index (χ4n) is 2.95. The summed E-state index contributed by atoms with van der Waals surface area (Å²) in [4.78, 5) is 26.9. The molecule has 0 spiro atoms. The number of nitrogens with zero attached hydrogens (tertiary/aromatic N) is 1. The van der Waals surface area contributed by atoms with Gasteiger partial charge in [0.05, 0.1) is 10.0 Å². The number of aryl methyl sites for hydroxylation is 2. The van der Waals surface area contributed by atoms with Crippen molar-refractivity contribution in [2.45, 2.75) is 39.8 Å². The van der Waals surface area contributed by atoms with Gasteiger partial charge in [0.15, 0.2) is 6.61 Å². The molecule has 0 radical (unpaired) electrons. The van der Waals surface area contributed by atoms with Gasteiger partial charge < -0.3 is 15.0 Å². The number of rotatable bonds is 8. The van der Waals surface area contributed by atoms with E-state index >= 15 is 0 Å². The molecule has 29 heavy (non-hydrogen) atoms. The minimum atomic E-state index is -0.620. The minimum Gasteiger partial charge on any atom is -0.484 e. The number of ether oxygens (including phenoxy) is 1. The van der Waals surface area contributed by atoms with E-state index in [1.54, 1.807) is 25.2 Å². The molecule has 1 atom stereocenters. The highest BCUT2D eigenvalue weighted by atomic mass is 35.5. The molecule has 0 aliphatic rings. The molecule has 2 aromatic rings. The van der Waals surface area contributed by atoms with Crippen LogP contribution in [0.25, 0.3) is 0 Å². The van der Waals surface area contributed by atoms with Gasteiger partial charge in [-0.1, -0.05) is 42.3 Å². The van der Waals surface area contributed by atoms with Gasteiger partial charge in [-0.2, -0.15) is 0 Å². The smallest absolute Gasteiger partial charge is 0.261 e. The Morgan fingerprint density at radius 1 is 1.07 bits per heavy atom. The second kappa shape index (κ2) is 10.5. The van der Waals surface area contributed by atoms with Crippen LogP contribution in [-0.4, -0.2) is 36.4 Å². The van der Waals surface area contributed by atoms with Gasteiger partial charge >= 0.3 is 0 Å². The van der Waals surface area contributed by atoms with Crippen molar-refractivity contribution in [1.29, 1.82) is 0 Å². The maximum Gasteiger partial charge on any atom is 0.261 e. The maximum atomic E-state index is 13.0. The second-order valence-corrected chi connectivity index (χ2v) is 7.66. The predicted molar refractivity (Wildman–Crippen MR) is 117 cm³/mol.